The van der Waals surface area contributed by atoms with Gasteiger partial charge >= 0.3 is 0 Å². The van der Waals surface area contributed by atoms with E-state index in [0.717, 1.165) is 25.7 Å². The van der Waals surface area contributed by atoms with Crippen molar-refractivity contribution in [1.29, 1.82) is 0 Å². The summed E-state index contributed by atoms with van der Waals surface area (Å²) in [6.45, 7) is 1.90. The summed E-state index contributed by atoms with van der Waals surface area (Å²) in [6, 6.07) is -0.0680. The summed E-state index contributed by atoms with van der Waals surface area (Å²) in [5, 5.41) is 12.5. The van der Waals surface area contributed by atoms with E-state index in [1.165, 1.54) is 6.08 Å². The highest BCUT2D eigenvalue weighted by Gasteiger charge is 2.23. The molecule has 1 aliphatic carbocycles. The third kappa shape index (κ3) is 4.30. The second-order valence-electron chi connectivity index (χ2n) is 3.85. The number of hydrogen-bond donors (Lipinski definition) is 2. The van der Waals surface area contributed by atoms with Gasteiger partial charge in [0.2, 0.25) is 5.91 Å². The molecule has 1 aliphatic rings. The molecule has 0 heterocycles. The first-order valence-corrected chi connectivity index (χ1v) is 5.52. The number of rotatable bonds is 3. The van der Waals surface area contributed by atoms with Gasteiger partial charge in [-0.05, 0) is 19.8 Å². The van der Waals surface area contributed by atoms with E-state index in [1.807, 2.05) is 13.0 Å². The number of aliphatic hydroxyl groups is 1. The van der Waals surface area contributed by atoms with E-state index in [-0.39, 0.29) is 18.1 Å². The van der Waals surface area contributed by atoms with E-state index in [9.17, 15) is 9.90 Å². The van der Waals surface area contributed by atoms with Gasteiger partial charge in [0, 0.05) is 6.08 Å². The molecule has 1 fully saturated rings. The minimum atomic E-state index is -0.377. The number of carbonyl (C=O) groups excluding carboxylic acids is 1. The Balaban J connectivity index is 2.36. The van der Waals surface area contributed by atoms with Crippen molar-refractivity contribution in [2.24, 2.45) is 0 Å². The summed E-state index contributed by atoms with van der Waals surface area (Å²) in [6.07, 6.45) is 10.3. The van der Waals surface area contributed by atoms with Crippen LogP contribution in [0.5, 0.6) is 0 Å². The fraction of sp³-hybridized carbons (Fsp3) is 0.583. The number of aliphatic hydroxyl groups excluding tert-OH is 1. The quantitative estimate of drug-likeness (QED) is 0.547. The fourth-order valence-electron chi connectivity index (χ4n) is 1.76. The number of nitrogens with one attached hydrogen (secondary N) is 1. The third-order valence-corrected chi connectivity index (χ3v) is 2.61. The lowest BCUT2D eigenvalue weighted by atomic mass is 9.92. The molecule has 1 amide bonds. The lowest BCUT2D eigenvalue weighted by Gasteiger charge is -2.27. The Morgan fingerprint density at radius 3 is 2.73 bits per heavy atom. The zero-order chi connectivity index (χ0) is 11.1. The summed E-state index contributed by atoms with van der Waals surface area (Å²) >= 11 is 0. The van der Waals surface area contributed by atoms with E-state index in [2.05, 4.69) is 5.32 Å². The van der Waals surface area contributed by atoms with Crippen LogP contribution in [0.25, 0.3) is 0 Å². The monoisotopic (exact) mass is 209 g/mol. The summed E-state index contributed by atoms with van der Waals surface area (Å²) in [5.41, 5.74) is 0. The lowest BCUT2D eigenvalue weighted by molar-refractivity contribution is -0.118. The van der Waals surface area contributed by atoms with E-state index in [0.29, 0.717) is 0 Å². The van der Waals surface area contributed by atoms with Crippen LogP contribution in [-0.2, 0) is 4.79 Å². The van der Waals surface area contributed by atoms with Crippen LogP contribution in [0, 0.1) is 0 Å². The van der Waals surface area contributed by atoms with Gasteiger partial charge in [-0.25, -0.2) is 0 Å². The molecule has 0 aromatic heterocycles. The Hall–Kier alpha value is -1.09. The SMILES string of the molecule is CC=CC=CC(=O)N[C@@H]1CCCC[C@H]1O. The van der Waals surface area contributed by atoms with Gasteiger partial charge in [0.1, 0.15) is 0 Å². The Morgan fingerprint density at radius 1 is 1.33 bits per heavy atom. The predicted octanol–water partition coefficient (Wildman–Crippen LogP) is 1.54. The van der Waals surface area contributed by atoms with Crippen molar-refractivity contribution in [3.63, 3.8) is 0 Å². The minimum absolute atomic E-state index is 0.0680. The van der Waals surface area contributed by atoms with Crippen molar-refractivity contribution in [3.05, 3.63) is 24.3 Å². The van der Waals surface area contributed by atoms with Gasteiger partial charge in [-0.3, -0.25) is 4.79 Å². The second-order valence-corrected chi connectivity index (χ2v) is 3.85. The molecule has 0 aromatic carbocycles. The molecule has 0 radical (unpaired) electrons. The molecule has 0 aliphatic heterocycles. The molecular weight excluding hydrogens is 190 g/mol. The van der Waals surface area contributed by atoms with Crippen molar-refractivity contribution in [2.45, 2.75) is 44.8 Å². The summed E-state index contributed by atoms with van der Waals surface area (Å²) in [5.74, 6) is -0.126. The van der Waals surface area contributed by atoms with Crippen LogP contribution >= 0.6 is 0 Å². The van der Waals surface area contributed by atoms with E-state index in [1.54, 1.807) is 12.2 Å². The van der Waals surface area contributed by atoms with Crippen molar-refractivity contribution in [3.8, 4) is 0 Å². The Kier molecular flexibility index (Phi) is 5.12. The molecule has 3 nitrogen and oxygen atoms in total. The van der Waals surface area contributed by atoms with Gasteiger partial charge in [0.05, 0.1) is 12.1 Å². The molecule has 0 saturated heterocycles. The van der Waals surface area contributed by atoms with Crippen LogP contribution in [0.4, 0.5) is 0 Å². The molecule has 2 atom stereocenters. The Morgan fingerprint density at radius 2 is 2.07 bits per heavy atom. The minimum Gasteiger partial charge on any atom is -0.391 e. The largest absolute Gasteiger partial charge is 0.391 e. The van der Waals surface area contributed by atoms with Crippen LogP contribution in [0.2, 0.25) is 0 Å². The highest BCUT2D eigenvalue weighted by Crippen LogP contribution is 2.18. The molecule has 1 saturated carbocycles. The van der Waals surface area contributed by atoms with E-state index < -0.39 is 0 Å². The van der Waals surface area contributed by atoms with Crippen LogP contribution in [-0.4, -0.2) is 23.2 Å². The molecule has 0 aromatic rings. The van der Waals surface area contributed by atoms with Crippen molar-refractivity contribution < 1.29 is 9.90 Å². The Bertz CT molecular complexity index is 258. The molecule has 3 heteroatoms. The molecule has 1 rings (SSSR count). The highest BCUT2D eigenvalue weighted by molar-refractivity contribution is 5.88. The first kappa shape index (κ1) is 12.0. The first-order valence-electron chi connectivity index (χ1n) is 5.52. The van der Waals surface area contributed by atoms with Crippen molar-refractivity contribution in [2.75, 3.05) is 0 Å². The molecule has 0 unspecified atom stereocenters. The average molecular weight is 209 g/mol. The number of allylic oxidation sites excluding steroid dienone is 3. The zero-order valence-corrected chi connectivity index (χ0v) is 9.15. The smallest absolute Gasteiger partial charge is 0.244 e. The topological polar surface area (TPSA) is 49.3 Å². The Labute approximate surface area is 90.9 Å². The molecule has 0 bridgehead atoms. The number of carbonyl (C=O) groups is 1. The molecule has 84 valence electrons. The normalized spacial score (nSPS) is 27.3. The van der Waals surface area contributed by atoms with E-state index in [4.69, 9.17) is 0 Å². The van der Waals surface area contributed by atoms with Gasteiger partial charge < -0.3 is 10.4 Å². The van der Waals surface area contributed by atoms with Crippen LogP contribution in [0.1, 0.15) is 32.6 Å². The molecule has 2 N–H and O–H groups in total. The number of hydrogen-bond acceptors (Lipinski definition) is 2. The molecule has 15 heavy (non-hydrogen) atoms. The third-order valence-electron chi connectivity index (χ3n) is 2.61. The maximum atomic E-state index is 11.4. The van der Waals surface area contributed by atoms with Gasteiger partial charge in [0.15, 0.2) is 0 Å². The number of amides is 1. The van der Waals surface area contributed by atoms with Gasteiger partial charge in [-0.15, -0.1) is 0 Å². The second kappa shape index (κ2) is 6.40. The molecule has 0 spiro atoms. The zero-order valence-electron chi connectivity index (χ0n) is 9.15. The lowest BCUT2D eigenvalue weighted by Crippen LogP contribution is -2.44. The summed E-state index contributed by atoms with van der Waals surface area (Å²) in [7, 11) is 0. The maximum Gasteiger partial charge on any atom is 0.244 e. The average Bonchev–Trinajstić information content (AvgIpc) is 2.22. The van der Waals surface area contributed by atoms with E-state index >= 15 is 0 Å². The predicted molar refractivity (Wildman–Crippen MR) is 60.4 cm³/mol. The van der Waals surface area contributed by atoms with Crippen molar-refractivity contribution >= 4 is 5.91 Å². The maximum absolute atomic E-state index is 11.4. The summed E-state index contributed by atoms with van der Waals surface area (Å²) < 4.78 is 0. The van der Waals surface area contributed by atoms with Crippen LogP contribution in [0.3, 0.4) is 0 Å². The van der Waals surface area contributed by atoms with Crippen LogP contribution in [0.15, 0.2) is 24.3 Å². The first-order chi connectivity index (χ1) is 7.24. The molecular formula is C12H19NO2. The van der Waals surface area contributed by atoms with Gasteiger partial charge in [-0.1, -0.05) is 31.1 Å². The van der Waals surface area contributed by atoms with Crippen molar-refractivity contribution in [1.82, 2.24) is 5.32 Å². The van der Waals surface area contributed by atoms with Gasteiger partial charge in [0.25, 0.3) is 0 Å². The van der Waals surface area contributed by atoms with Gasteiger partial charge in [-0.2, -0.15) is 0 Å². The van der Waals surface area contributed by atoms with Crippen LogP contribution < -0.4 is 5.32 Å². The standard InChI is InChI=1S/C12H19NO2/c1-2-3-4-9-12(15)13-10-7-5-6-8-11(10)14/h2-4,9-11,14H,5-8H2,1H3,(H,13,15)/t10-,11-/m1/s1. The fourth-order valence-corrected chi connectivity index (χ4v) is 1.76. The highest BCUT2D eigenvalue weighted by atomic mass is 16.3. The summed E-state index contributed by atoms with van der Waals surface area (Å²) in [4.78, 5) is 11.4.